The number of fused-ring (bicyclic) bond motifs is 1. The number of nitrogens with two attached hydrogens (primary N) is 1. The van der Waals surface area contributed by atoms with Crippen molar-refractivity contribution in [3.05, 3.63) is 70.8 Å². The number of benzene rings is 3. The highest BCUT2D eigenvalue weighted by atomic mass is 16.5. The first kappa shape index (κ1) is 17.3. The predicted octanol–water partition coefficient (Wildman–Crippen LogP) is 4.68. The number of rotatable bonds is 6. The highest BCUT2D eigenvalue weighted by Gasteiger charge is 2.08. The van der Waals surface area contributed by atoms with Crippen molar-refractivity contribution in [3.63, 3.8) is 0 Å². The highest BCUT2D eigenvalue weighted by Crippen LogP contribution is 2.28. The molecule has 3 aromatic carbocycles. The van der Waals surface area contributed by atoms with Crippen molar-refractivity contribution < 1.29 is 9.47 Å². The van der Waals surface area contributed by atoms with Crippen LogP contribution < -0.4 is 15.2 Å². The van der Waals surface area contributed by atoms with Crippen molar-refractivity contribution in [2.24, 2.45) is 5.73 Å². The van der Waals surface area contributed by atoms with E-state index >= 15 is 0 Å². The van der Waals surface area contributed by atoms with Crippen molar-refractivity contribution >= 4 is 10.8 Å². The monoisotopic (exact) mass is 335 g/mol. The summed E-state index contributed by atoms with van der Waals surface area (Å²) in [5.41, 5.74) is 10.6. The Morgan fingerprint density at radius 3 is 2.32 bits per heavy atom. The molecule has 0 saturated carbocycles. The Kier molecular flexibility index (Phi) is 5.25. The Bertz CT molecular complexity index is 887. The maximum Gasteiger partial charge on any atom is 0.124 e. The summed E-state index contributed by atoms with van der Waals surface area (Å²) in [7, 11) is 0. The van der Waals surface area contributed by atoms with Crippen molar-refractivity contribution in [2.75, 3.05) is 13.2 Å². The average Bonchev–Trinajstić information content (AvgIpc) is 2.62. The number of hydrogen-bond donors (Lipinski definition) is 1. The molecule has 0 aromatic heterocycles. The number of ether oxygens (including phenoxy) is 2. The third-order valence-electron chi connectivity index (χ3n) is 4.56. The molecule has 3 rings (SSSR count). The molecule has 0 bridgehead atoms. The molecule has 2 N–H and O–H groups in total. The highest BCUT2D eigenvalue weighted by molar-refractivity contribution is 5.87. The Morgan fingerprint density at radius 2 is 1.56 bits per heavy atom. The molecule has 0 aliphatic carbocycles. The summed E-state index contributed by atoms with van der Waals surface area (Å²) in [4.78, 5) is 0. The van der Waals surface area contributed by atoms with Crippen LogP contribution in [0.4, 0.5) is 0 Å². The van der Waals surface area contributed by atoms with E-state index in [0.29, 0.717) is 19.8 Å². The van der Waals surface area contributed by atoms with Gasteiger partial charge in [0, 0.05) is 12.1 Å². The van der Waals surface area contributed by atoms with Gasteiger partial charge < -0.3 is 15.2 Å². The van der Waals surface area contributed by atoms with E-state index in [1.54, 1.807) is 0 Å². The van der Waals surface area contributed by atoms with Gasteiger partial charge in [-0.15, -0.1) is 0 Å². The zero-order valence-electron chi connectivity index (χ0n) is 15.1. The minimum Gasteiger partial charge on any atom is -0.490 e. The molecule has 0 aliphatic rings. The van der Waals surface area contributed by atoms with Crippen LogP contribution in [0.3, 0.4) is 0 Å². The SMILES string of the molecule is Cc1cc(C)c(C)c(OCCOc2ccc3ccccc3c2CN)c1. The van der Waals surface area contributed by atoms with Crippen LogP contribution >= 0.6 is 0 Å². The first-order chi connectivity index (χ1) is 12.1. The lowest BCUT2D eigenvalue weighted by molar-refractivity contribution is 0.215. The maximum atomic E-state index is 5.95. The molecule has 0 fully saturated rings. The molecule has 0 saturated heterocycles. The van der Waals surface area contributed by atoms with Gasteiger partial charge in [-0.2, -0.15) is 0 Å². The van der Waals surface area contributed by atoms with E-state index in [-0.39, 0.29) is 0 Å². The quantitative estimate of drug-likeness (QED) is 0.665. The van der Waals surface area contributed by atoms with E-state index in [1.807, 2.05) is 18.2 Å². The van der Waals surface area contributed by atoms with Crippen LogP contribution in [0.1, 0.15) is 22.3 Å². The normalized spacial score (nSPS) is 10.9. The zero-order chi connectivity index (χ0) is 17.8. The molecule has 3 heteroatoms. The molecule has 3 aromatic rings. The van der Waals surface area contributed by atoms with Gasteiger partial charge in [0.15, 0.2) is 0 Å². The van der Waals surface area contributed by atoms with Gasteiger partial charge in [-0.25, -0.2) is 0 Å². The first-order valence-corrected chi connectivity index (χ1v) is 8.64. The Morgan fingerprint density at radius 1 is 0.840 bits per heavy atom. The second kappa shape index (κ2) is 7.58. The van der Waals surface area contributed by atoms with Gasteiger partial charge in [0.25, 0.3) is 0 Å². The van der Waals surface area contributed by atoms with Crippen LogP contribution in [0, 0.1) is 20.8 Å². The molecule has 130 valence electrons. The van der Waals surface area contributed by atoms with Gasteiger partial charge >= 0.3 is 0 Å². The minimum atomic E-state index is 0.452. The fourth-order valence-corrected chi connectivity index (χ4v) is 3.12. The molecule has 0 atom stereocenters. The Labute approximate surface area is 149 Å². The van der Waals surface area contributed by atoms with Crippen molar-refractivity contribution in [2.45, 2.75) is 27.3 Å². The second-order valence-corrected chi connectivity index (χ2v) is 6.37. The van der Waals surface area contributed by atoms with E-state index in [9.17, 15) is 0 Å². The van der Waals surface area contributed by atoms with Crippen LogP contribution in [0.25, 0.3) is 10.8 Å². The molecule has 0 heterocycles. The van der Waals surface area contributed by atoms with Gasteiger partial charge in [0.1, 0.15) is 24.7 Å². The zero-order valence-corrected chi connectivity index (χ0v) is 15.1. The summed E-state index contributed by atoms with van der Waals surface area (Å²) in [5.74, 6) is 1.76. The standard InChI is InChI=1S/C22H25NO2/c1-15-12-16(2)17(3)22(13-15)25-11-10-24-21-9-8-18-6-4-5-7-19(18)20(21)14-23/h4-9,12-13H,10-11,14,23H2,1-3H3. The number of aryl methyl sites for hydroxylation is 2. The van der Waals surface area contributed by atoms with Crippen LogP contribution in [0.5, 0.6) is 11.5 Å². The summed E-state index contributed by atoms with van der Waals surface area (Å²) in [5, 5.41) is 2.32. The summed E-state index contributed by atoms with van der Waals surface area (Å²) in [6.45, 7) is 7.71. The topological polar surface area (TPSA) is 44.5 Å². The molecule has 0 unspecified atom stereocenters. The van der Waals surface area contributed by atoms with E-state index in [2.05, 4.69) is 51.1 Å². The number of hydrogen-bond acceptors (Lipinski definition) is 3. The van der Waals surface area contributed by atoms with E-state index < -0.39 is 0 Å². The predicted molar refractivity (Wildman–Crippen MR) is 103 cm³/mol. The lowest BCUT2D eigenvalue weighted by Crippen LogP contribution is -2.12. The fraction of sp³-hybridized carbons (Fsp3) is 0.273. The molecule has 3 nitrogen and oxygen atoms in total. The minimum absolute atomic E-state index is 0.452. The third-order valence-corrected chi connectivity index (χ3v) is 4.56. The lowest BCUT2D eigenvalue weighted by atomic mass is 10.0. The van der Waals surface area contributed by atoms with Crippen LogP contribution in [-0.2, 0) is 6.54 Å². The van der Waals surface area contributed by atoms with Gasteiger partial charge in [-0.05, 0) is 60.4 Å². The van der Waals surface area contributed by atoms with Crippen molar-refractivity contribution in [1.29, 1.82) is 0 Å². The molecule has 0 spiro atoms. The summed E-state index contributed by atoms with van der Waals surface area (Å²) in [6.07, 6.45) is 0. The van der Waals surface area contributed by atoms with Gasteiger partial charge in [0.05, 0.1) is 0 Å². The Hall–Kier alpha value is -2.52. The second-order valence-electron chi connectivity index (χ2n) is 6.37. The van der Waals surface area contributed by atoms with Crippen LogP contribution in [-0.4, -0.2) is 13.2 Å². The molecular weight excluding hydrogens is 310 g/mol. The van der Waals surface area contributed by atoms with E-state index in [0.717, 1.165) is 22.4 Å². The lowest BCUT2D eigenvalue weighted by Gasteiger charge is -2.15. The third kappa shape index (κ3) is 3.77. The molecule has 25 heavy (non-hydrogen) atoms. The average molecular weight is 335 g/mol. The van der Waals surface area contributed by atoms with Crippen LogP contribution in [0.15, 0.2) is 48.5 Å². The van der Waals surface area contributed by atoms with Crippen LogP contribution in [0.2, 0.25) is 0 Å². The summed E-state index contributed by atoms with van der Waals surface area (Å²) >= 11 is 0. The largest absolute Gasteiger partial charge is 0.490 e. The molecular formula is C22H25NO2. The summed E-state index contributed by atoms with van der Waals surface area (Å²) in [6, 6.07) is 16.5. The molecule has 0 amide bonds. The maximum absolute atomic E-state index is 5.95. The molecule has 0 aliphatic heterocycles. The smallest absolute Gasteiger partial charge is 0.124 e. The van der Waals surface area contributed by atoms with E-state index in [1.165, 1.54) is 22.1 Å². The first-order valence-electron chi connectivity index (χ1n) is 8.64. The van der Waals surface area contributed by atoms with Crippen molar-refractivity contribution in [3.8, 4) is 11.5 Å². The van der Waals surface area contributed by atoms with Gasteiger partial charge in [-0.3, -0.25) is 0 Å². The van der Waals surface area contributed by atoms with E-state index in [4.69, 9.17) is 15.2 Å². The van der Waals surface area contributed by atoms with Gasteiger partial charge in [0.2, 0.25) is 0 Å². The molecule has 0 radical (unpaired) electrons. The Balaban J connectivity index is 1.68. The van der Waals surface area contributed by atoms with Crippen molar-refractivity contribution in [1.82, 2.24) is 0 Å². The summed E-state index contributed by atoms with van der Waals surface area (Å²) < 4.78 is 11.9. The van der Waals surface area contributed by atoms with Gasteiger partial charge in [-0.1, -0.05) is 36.4 Å². The fourth-order valence-electron chi connectivity index (χ4n) is 3.12.